The summed E-state index contributed by atoms with van der Waals surface area (Å²) >= 11 is 1.81. The molecule has 2 rings (SSSR count). The van der Waals surface area contributed by atoms with Gasteiger partial charge in [0.05, 0.1) is 0 Å². The maximum absolute atomic E-state index is 4.53. The number of anilines is 1. The van der Waals surface area contributed by atoms with Crippen molar-refractivity contribution in [2.24, 2.45) is 5.92 Å². The van der Waals surface area contributed by atoms with E-state index in [4.69, 9.17) is 0 Å². The minimum absolute atomic E-state index is 0.694. The Morgan fingerprint density at radius 2 is 2.12 bits per heavy atom. The second kappa shape index (κ2) is 5.83. The van der Waals surface area contributed by atoms with Crippen molar-refractivity contribution in [1.82, 2.24) is 10.3 Å². The van der Waals surface area contributed by atoms with Crippen molar-refractivity contribution in [2.45, 2.75) is 45.2 Å². The predicted octanol–water partition coefficient (Wildman–Crippen LogP) is 2.88. The molecule has 17 heavy (non-hydrogen) atoms. The lowest BCUT2D eigenvalue weighted by Crippen LogP contribution is -2.34. The molecule has 1 saturated carbocycles. The van der Waals surface area contributed by atoms with E-state index in [9.17, 15) is 0 Å². The van der Waals surface area contributed by atoms with Crippen LogP contribution in [0.4, 0.5) is 5.13 Å². The van der Waals surface area contributed by atoms with Gasteiger partial charge in [-0.3, -0.25) is 0 Å². The van der Waals surface area contributed by atoms with Gasteiger partial charge in [0.1, 0.15) is 0 Å². The number of nitrogens with one attached hydrogen (secondary N) is 1. The van der Waals surface area contributed by atoms with Crippen LogP contribution in [-0.2, 0) is 6.54 Å². The third-order valence-corrected chi connectivity index (χ3v) is 4.82. The number of hydrogen-bond acceptors (Lipinski definition) is 4. The zero-order valence-corrected chi connectivity index (χ0v) is 11.9. The Bertz CT molecular complexity index is 342. The number of thiazole rings is 1. The molecule has 0 amide bonds. The van der Waals surface area contributed by atoms with Gasteiger partial charge in [-0.15, -0.1) is 11.3 Å². The van der Waals surface area contributed by atoms with Crippen LogP contribution in [0.5, 0.6) is 0 Å². The van der Waals surface area contributed by atoms with E-state index in [0.717, 1.165) is 12.5 Å². The van der Waals surface area contributed by atoms with Crippen LogP contribution in [0.15, 0.2) is 6.20 Å². The van der Waals surface area contributed by atoms with Crippen LogP contribution in [0.1, 0.15) is 37.5 Å². The fourth-order valence-electron chi connectivity index (χ4n) is 2.50. The van der Waals surface area contributed by atoms with E-state index in [1.165, 1.54) is 35.7 Å². The smallest absolute Gasteiger partial charge is 0.185 e. The summed E-state index contributed by atoms with van der Waals surface area (Å²) in [4.78, 5) is 8.24. The van der Waals surface area contributed by atoms with Crippen LogP contribution >= 0.6 is 11.3 Å². The van der Waals surface area contributed by atoms with Crippen LogP contribution in [0.2, 0.25) is 0 Å². The van der Waals surface area contributed by atoms with Gasteiger partial charge in [-0.05, 0) is 38.6 Å². The van der Waals surface area contributed by atoms with Crippen LogP contribution in [-0.4, -0.2) is 25.1 Å². The SMILES string of the molecule is CNCc1cnc(N(C)C2CCC(C)CC2)s1. The van der Waals surface area contributed by atoms with Gasteiger partial charge in [0, 0.05) is 30.7 Å². The molecule has 1 aromatic rings. The summed E-state index contributed by atoms with van der Waals surface area (Å²) in [6.45, 7) is 3.29. The number of hydrogen-bond donors (Lipinski definition) is 1. The highest BCUT2D eigenvalue weighted by Gasteiger charge is 2.23. The Labute approximate surface area is 108 Å². The Morgan fingerprint density at radius 3 is 2.76 bits per heavy atom. The lowest BCUT2D eigenvalue weighted by atomic mass is 9.87. The molecule has 0 atom stereocenters. The third-order valence-electron chi connectivity index (χ3n) is 3.73. The number of aromatic nitrogens is 1. The van der Waals surface area contributed by atoms with Crippen molar-refractivity contribution >= 4 is 16.5 Å². The average Bonchev–Trinajstić information content (AvgIpc) is 2.78. The lowest BCUT2D eigenvalue weighted by Gasteiger charge is -2.33. The highest BCUT2D eigenvalue weighted by Crippen LogP contribution is 2.31. The molecule has 3 nitrogen and oxygen atoms in total. The van der Waals surface area contributed by atoms with Gasteiger partial charge in [0.15, 0.2) is 5.13 Å². The van der Waals surface area contributed by atoms with Crippen molar-refractivity contribution in [1.29, 1.82) is 0 Å². The summed E-state index contributed by atoms with van der Waals surface area (Å²) in [5, 5.41) is 4.35. The highest BCUT2D eigenvalue weighted by molar-refractivity contribution is 7.15. The molecule has 1 heterocycles. The molecule has 0 saturated heterocycles. The van der Waals surface area contributed by atoms with Gasteiger partial charge in [-0.1, -0.05) is 6.92 Å². The lowest BCUT2D eigenvalue weighted by molar-refractivity contribution is 0.340. The fraction of sp³-hybridized carbons (Fsp3) is 0.769. The largest absolute Gasteiger partial charge is 0.348 e. The maximum Gasteiger partial charge on any atom is 0.185 e. The Balaban J connectivity index is 1.96. The van der Waals surface area contributed by atoms with E-state index in [1.807, 2.05) is 24.6 Å². The van der Waals surface area contributed by atoms with E-state index in [0.29, 0.717) is 6.04 Å². The zero-order chi connectivity index (χ0) is 12.3. The predicted molar refractivity (Wildman–Crippen MR) is 74.7 cm³/mol. The van der Waals surface area contributed by atoms with Crippen LogP contribution < -0.4 is 10.2 Å². The molecule has 4 heteroatoms. The van der Waals surface area contributed by atoms with E-state index in [2.05, 4.69) is 29.2 Å². The first-order chi connectivity index (χ1) is 8.20. The van der Waals surface area contributed by atoms with Crippen molar-refractivity contribution in [3.05, 3.63) is 11.1 Å². The van der Waals surface area contributed by atoms with Gasteiger partial charge in [-0.25, -0.2) is 4.98 Å². The third kappa shape index (κ3) is 3.19. The van der Waals surface area contributed by atoms with E-state index in [1.54, 1.807) is 0 Å². The summed E-state index contributed by atoms with van der Waals surface area (Å²) in [7, 11) is 4.17. The van der Waals surface area contributed by atoms with Gasteiger partial charge in [0.2, 0.25) is 0 Å². The molecule has 0 aliphatic heterocycles. The quantitative estimate of drug-likeness (QED) is 0.894. The number of nitrogens with zero attached hydrogens (tertiary/aromatic N) is 2. The van der Waals surface area contributed by atoms with E-state index >= 15 is 0 Å². The molecule has 1 aliphatic carbocycles. The van der Waals surface area contributed by atoms with Crippen molar-refractivity contribution in [3.63, 3.8) is 0 Å². The average molecular weight is 253 g/mol. The van der Waals surface area contributed by atoms with E-state index < -0.39 is 0 Å². The standard InChI is InChI=1S/C13H23N3S/c1-10-4-6-11(7-5-10)16(3)13-15-9-12(17-13)8-14-2/h9-11,14H,4-8H2,1-3H3. The van der Waals surface area contributed by atoms with E-state index in [-0.39, 0.29) is 0 Å². The molecule has 1 N–H and O–H groups in total. The normalized spacial score (nSPS) is 24.9. The molecule has 1 aromatic heterocycles. The molecule has 1 fully saturated rings. The topological polar surface area (TPSA) is 28.2 Å². The molecule has 1 aliphatic rings. The first kappa shape index (κ1) is 12.8. The monoisotopic (exact) mass is 253 g/mol. The molecular formula is C13H23N3S. The minimum atomic E-state index is 0.694. The summed E-state index contributed by atoms with van der Waals surface area (Å²) in [5.74, 6) is 0.913. The van der Waals surface area contributed by atoms with Crippen LogP contribution in [0, 0.1) is 5.92 Å². The maximum atomic E-state index is 4.53. The summed E-state index contributed by atoms with van der Waals surface area (Å²) < 4.78 is 0. The first-order valence-electron chi connectivity index (χ1n) is 6.53. The molecule has 0 spiro atoms. The van der Waals surface area contributed by atoms with Gasteiger partial charge < -0.3 is 10.2 Å². The molecule has 0 radical (unpaired) electrons. The van der Waals surface area contributed by atoms with Gasteiger partial charge >= 0.3 is 0 Å². The Kier molecular flexibility index (Phi) is 4.40. The summed E-state index contributed by atoms with van der Waals surface area (Å²) in [6, 6.07) is 0.694. The summed E-state index contributed by atoms with van der Waals surface area (Å²) in [5.41, 5.74) is 0. The van der Waals surface area contributed by atoms with Crippen molar-refractivity contribution < 1.29 is 0 Å². The van der Waals surface area contributed by atoms with Gasteiger partial charge in [0.25, 0.3) is 0 Å². The van der Waals surface area contributed by atoms with Crippen LogP contribution in [0.3, 0.4) is 0 Å². The van der Waals surface area contributed by atoms with Crippen molar-refractivity contribution in [2.75, 3.05) is 19.0 Å². The molecule has 96 valence electrons. The molecule has 0 bridgehead atoms. The Morgan fingerprint density at radius 1 is 1.41 bits per heavy atom. The van der Waals surface area contributed by atoms with Crippen LogP contribution in [0.25, 0.3) is 0 Å². The second-order valence-electron chi connectivity index (χ2n) is 5.16. The first-order valence-corrected chi connectivity index (χ1v) is 7.34. The molecule has 0 aromatic carbocycles. The minimum Gasteiger partial charge on any atom is -0.348 e. The highest BCUT2D eigenvalue weighted by atomic mass is 32.1. The number of rotatable bonds is 4. The molecule has 0 unspecified atom stereocenters. The Hall–Kier alpha value is -0.610. The molecular weight excluding hydrogens is 230 g/mol. The summed E-state index contributed by atoms with van der Waals surface area (Å²) in [6.07, 6.45) is 7.36. The fourth-order valence-corrected chi connectivity index (χ4v) is 3.46. The second-order valence-corrected chi connectivity index (χ2v) is 6.26. The zero-order valence-electron chi connectivity index (χ0n) is 11.1. The van der Waals surface area contributed by atoms with Crippen molar-refractivity contribution in [3.8, 4) is 0 Å². The van der Waals surface area contributed by atoms with Gasteiger partial charge in [-0.2, -0.15) is 0 Å².